The highest BCUT2D eigenvalue weighted by Crippen LogP contribution is 2.34. The van der Waals surface area contributed by atoms with Gasteiger partial charge in [0.05, 0.1) is 5.60 Å². The zero-order valence-electron chi connectivity index (χ0n) is 25.4. The number of halogens is 1. The van der Waals surface area contributed by atoms with Gasteiger partial charge in [0.25, 0.3) is 0 Å². The van der Waals surface area contributed by atoms with Gasteiger partial charge >= 0.3 is 6.03 Å². The fraction of sp³-hybridized carbons (Fsp3) is 0.429. The summed E-state index contributed by atoms with van der Waals surface area (Å²) in [6.45, 7) is 7.27. The summed E-state index contributed by atoms with van der Waals surface area (Å²) in [6, 6.07) is 17.4. The molecule has 1 aliphatic rings. The minimum atomic E-state index is -0.743. The summed E-state index contributed by atoms with van der Waals surface area (Å²) >= 11 is 0. The quantitative estimate of drug-likeness (QED) is 0.194. The molecule has 2 N–H and O–H groups in total. The fourth-order valence-corrected chi connectivity index (χ4v) is 5.37. The van der Waals surface area contributed by atoms with Crippen LogP contribution in [0.2, 0.25) is 0 Å². The molecule has 3 aromatic carbocycles. The molecule has 43 heavy (non-hydrogen) atoms. The Morgan fingerprint density at radius 3 is 1.98 bits per heavy atom. The van der Waals surface area contributed by atoms with Crippen LogP contribution in [0.15, 0.2) is 66.7 Å². The molecular formula is C35H43FN2O5. The van der Waals surface area contributed by atoms with E-state index < -0.39 is 5.60 Å². The number of unbranched alkanes of at least 4 members (excludes halogenated alkanes) is 1. The summed E-state index contributed by atoms with van der Waals surface area (Å²) in [6.07, 6.45) is 6.22. The second kappa shape index (κ2) is 15.0. The molecule has 1 saturated heterocycles. The number of benzene rings is 3. The van der Waals surface area contributed by atoms with Crippen molar-refractivity contribution in [2.45, 2.75) is 77.7 Å². The molecule has 0 saturated carbocycles. The van der Waals surface area contributed by atoms with Crippen LogP contribution in [0.1, 0.15) is 82.5 Å². The van der Waals surface area contributed by atoms with Crippen molar-refractivity contribution in [2.24, 2.45) is 5.92 Å². The van der Waals surface area contributed by atoms with Crippen molar-refractivity contribution in [1.29, 1.82) is 0 Å². The molecule has 0 spiro atoms. The zero-order valence-corrected chi connectivity index (χ0v) is 25.4. The van der Waals surface area contributed by atoms with Crippen LogP contribution in [0.4, 0.5) is 14.9 Å². The molecule has 0 atom stereocenters. The minimum absolute atomic E-state index is 0.0970. The van der Waals surface area contributed by atoms with Gasteiger partial charge in [-0.25, -0.2) is 9.18 Å². The molecule has 7 nitrogen and oxygen atoms in total. The molecule has 0 unspecified atom stereocenters. The van der Waals surface area contributed by atoms with E-state index in [1.165, 1.54) is 24.3 Å². The number of hydrogen-bond donors (Lipinski definition) is 2. The first kappa shape index (κ1) is 32.0. The Morgan fingerprint density at radius 1 is 0.884 bits per heavy atom. The third-order valence-corrected chi connectivity index (χ3v) is 8.15. The average molecular weight is 591 g/mol. The van der Waals surface area contributed by atoms with Crippen molar-refractivity contribution in [3.05, 3.63) is 78.1 Å². The van der Waals surface area contributed by atoms with E-state index in [0.717, 1.165) is 32.1 Å². The number of hydrogen-bond acceptors (Lipinski definition) is 5. The number of amides is 2. The van der Waals surface area contributed by atoms with Crippen LogP contribution in [0, 0.1) is 11.7 Å². The molecule has 3 aromatic rings. The summed E-state index contributed by atoms with van der Waals surface area (Å²) in [5, 5.41) is 14.1. The summed E-state index contributed by atoms with van der Waals surface area (Å²) in [4.78, 5) is 27.3. The number of carbonyl (C=O) groups excluding carboxylic acids is 2. The van der Waals surface area contributed by atoms with Gasteiger partial charge in [0.1, 0.15) is 28.8 Å². The molecule has 0 radical (unpaired) electrons. The van der Waals surface area contributed by atoms with Gasteiger partial charge in [-0.3, -0.25) is 4.79 Å². The van der Waals surface area contributed by atoms with Gasteiger partial charge in [-0.15, -0.1) is 0 Å². The van der Waals surface area contributed by atoms with E-state index in [2.05, 4.69) is 26.1 Å². The van der Waals surface area contributed by atoms with Crippen LogP contribution >= 0.6 is 0 Å². The van der Waals surface area contributed by atoms with Crippen molar-refractivity contribution in [1.82, 2.24) is 4.90 Å². The SMILES string of the molecule is CCCCC(=O)c1ccc(Oc2cc(NC(=O)N3CCC(O)(CC(CC)CC)CC3)cc(Oc3ccc(F)cc3)c2)cc1. The molecular weight excluding hydrogens is 547 g/mol. The predicted molar refractivity (Wildman–Crippen MR) is 167 cm³/mol. The van der Waals surface area contributed by atoms with E-state index in [9.17, 15) is 19.1 Å². The normalized spacial score (nSPS) is 14.4. The minimum Gasteiger partial charge on any atom is -0.457 e. The molecule has 1 fully saturated rings. The molecule has 4 rings (SSSR count). The highest BCUT2D eigenvalue weighted by molar-refractivity contribution is 5.96. The van der Waals surface area contributed by atoms with Crippen molar-refractivity contribution in [3.8, 4) is 23.0 Å². The van der Waals surface area contributed by atoms with Crippen LogP contribution in [-0.4, -0.2) is 40.5 Å². The second-order valence-corrected chi connectivity index (χ2v) is 11.4. The van der Waals surface area contributed by atoms with E-state index in [1.54, 1.807) is 47.4 Å². The summed E-state index contributed by atoms with van der Waals surface area (Å²) in [5.74, 6) is 1.96. The third kappa shape index (κ3) is 9.29. The Balaban J connectivity index is 1.48. The lowest BCUT2D eigenvalue weighted by Crippen LogP contribution is -2.48. The largest absolute Gasteiger partial charge is 0.457 e. The number of piperidine rings is 1. The fourth-order valence-electron chi connectivity index (χ4n) is 5.37. The summed E-state index contributed by atoms with van der Waals surface area (Å²) in [5.41, 5.74) is 0.354. The van der Waals surface area contributed by atoms with Gasteiger partial charge in [-0.05, 0) is 80.1 Å². The average Bonchev–Trinajstić information content (AvgIpc) is 3.00. The monoisotopic (exact) mass is 590 g/mol. The highest BCUT2D eigenvalue weighted by Gasteiger charge is 2.35. The van der Waals surface area contributed by atoms with Gasteiger partial charge in [0.2, 0.25) is 0 Å². The summed E-state index contributed by atoms with van der Waals surface area (Å²) < 4.78 is 25.5. The molecule has 0 bridgehead atoms. The number of urea groups is 1. The maximum Gasteiger partial charge on any atom is 0.321 e. The molecule has 0 aliphatic carbocycles. The molecule has 1 aliphatic heterocycles. The highest BCUT2D eigenvalue weighted by atomic mass is 19.1. The zero-order chi connectivity index (χ0) is 30.8. The Kier molecular flexibility index (Phi) is 11.2. The van der Waals surface area contributed by atoms with Crippen molar-refractivity contribution in [2.75, 3.05) is 18.4 Å². The van der Waals surface area contributed by atoms with Crippen molar-refractivity contribution in [3.63, 3.8) is 0 Å². The number of aliphatic hydroxyl groups is 1. The van der Waals surface area contributed by atoms with E-state index >= 15 is 0 Å². The van der Waals surface area contributed by atoms with E-state index in [4.69, 9.17) is 9.47 Å². The van der Waals surface area contributed by atoms with Crippen molar-refractivity contribution >= 4 is 17.5 Å². The molecule has 0 aromatic heterocycles. The van der Waals surface area contributed by atoms with Gasteiger partial charge < -0.3 is 24.8 Å². The second-order valence-electron chi connectivity index (χ2n) is 11.4. The van der Waals surface area contributed by atoms with E-state index in [-0.39, 0.29) is 17.6 Å². The lowest BCUT2D eigenvalue weighted by atomic mass is 9.81. The summed E-state index contributed by atoms with van der Waals surface area (Å²) in [7, 11) is 0. The third-order valence-electron chi connectivity index (χ3n) is 8.15. The number of ketones is 1. The van der Waals surface area contributed by atoms with Crippen LogP contribution in [0.25, 0.3) is 0 Å². The lowest BCUT2D eigenvalue weighted by Gasteiger charge is -2.39. The maximum atomic E-state index is 13.4. The lowest BCUT2D eigenvalue weighted by molar-refractivity contribution is -0.0309. The van der Waals surface area contributed by atoms with Gasteiger partial charge in [0, 0.05) is 49.0 Å². The van der Waals surface area contributed by atoms with Gasteiger partial charge in [-0.1, -0.05) is 40.0 Å². The maximum absolute atomic E-state index is 13.4. The van der Waals surface area contributed by atoms with Crippen LogP contribution < -0.4 is 14.8 Å². The number of ether oxygens (including phenoxy) is 2. The van der Waals surface area contributed by atoms with Crippen LogP contribution in [0.5, 0.6) is 23.0 Å². The standard InChI is InChI=1S/C35H43FN2O5/c1-4-7-8-33(39)26-9-13-29(14-10-26)42-31-21-28(22-32(23-31)43-30-15-11-27(36)12-16-30)37-34(40)38-19-17-35(41,18-20-38)24-25(5-2)6-3/h9-16,21-23,25,41H,4-8,17-20,24H2,1-3H3,(H,37,40). The number of likely N-dealkylation sites (tertiary alicyclic amines) is 1. The van der Waals surface area contributed by atoms with Crippen LogP contribution in [-0.2, 0) is 0 Å². The molecule has 230 valence electrons. The predicted octanol–water partition coefficient (Wildman–Crippen LogP) is 8.97. The molecule has 1 heterocycles. The van der Waals surface area contributed by atoms with Gasteiger partial charge in [-0.2, -0.15) is 0 Å². The number of rotatable bonds is 13. The number of nitrogens with one attached hydrogen (secondary N) is 1. The Bertz CT molecular complexity index is 1350. The number of carbonyl (C=O) groups is 2. The van der Waals surface area contributed by atoms with Crippen LogP contribution in [0.3, 0.4) is 0 Å². The Labute approximate surface area is 254 Å². The van der Waals surface area contributed by atoms with E-state index in [0.29, 0.717) is 72.5 Å². The van der Waals surface area contributed by atoms with E-state index in [1.807, 2.05) is 0 Å². The topological polar surface area (TPSA) is 88.1 Å². The molecule has 8 heteroatoms. The van der Waals surface area contributed by atoms with Gasteiger partial charge in [0.15, 0.2) is 5.78 Å². The Hall–Kier alpha value is -3.91. The van der Waals surface area contributed by atoms with Crippen molar-refractivity contribution < 1.29 is 28.6 Å². The smallest absolute Gasteiger partial charge is 0.321 e. The first-order chi connectivity index (χ1) is 20.7. The number of Topliss-reactive ketones (excluding diaryl/α,β-unsaturated/α-hetero) is 1. The molecule has 2 amide bonds. The first-order valence-corrected chi connectivity index (χ1v) is 15.4. The number of anilines is 1. The number of nitrogens with zero attached hydrogens (tertiary/aromatic N) is 1. The Morgan fingerprint density at radius 2 is 1.44 bits per heavy atom. The first-order valence-electron chi connectivity index (χ1n) is 15.4.